The molecule has 0 fully saturated rings. The third-order valence-electron chi connectivity index (χ3n) is 1.19. The van der Waals surface area contributed by atoms with Crippen molar-refractivity contribution in [2.24, 2.45) is 0 Å². The number of hydrogen-bond donors (Lipinski definition) is 1. The smallest absolute Gasteiger partial charge is 0.283 e. The molecular weight excluding hydrogens is 190 g/mol. The molecule has 0 rings (SSSR count). The van der Waals surface area contributed by atoms with Gasteiger partial charge in [-0.05, 0) is 13.5 Å². The van der Waals surface area contributed by atoms with Crippen LogP contribution in [0.4, 0.5) is 17.6 Å². The summed E-state index contributed by atoms with van der Waals surface area (Å²) in [6.45, 7) is 1.68. The summed E-state index contributed by atoms with van der Waals surface area (Å²) in [5, 5.41) is 1.43. The van der Waals surface area contributed by atoms with E-state index >= 15 is 0 Å². The van der Waals surface area contributed by atoms with Crippen LogP contribution < -0.4 is 5.32 Å². The number of rotatable bonds is 4. The number of alkyl halides is 2. The molecule has 0 unspecified atom stereocenters. The predicted molar refractivity (Wildman–Crippen MR) is 38.5 cm³/mol. The Bertz CT molecular complexity index is 233. The van der Waals surface area contributed by atoms with Gasteiger partial charge in [-0.2, -0.15) is 13.2 Å². The molecule has 0 aliphatic heterocycles. The fraction of sp³-hybridized carbons (Fsp3) is 0.571. The van der Waals surface area contributed by atoms with Crippen molar-refractivity contribution in [1.29, 1.82) is 0 Å². The molecule has 0 spiro atoms. The van der Waals surface area contributed by atoms with Gasteiger partial charge in [-0.1, -0.05) is 6.92 Å². The minimum Gasteiger partial charge on any atom is -0.283 e. The molecule has 0 saturated heterocycles. The van der Waals surface area contributed by atoms with E-state index in [-0.39, 0.29) is 6.54 Å². The van der Waals surface area contributed by atoms with Crippen LogP contribution in [0.2, 0.25) is 0 Å². The summed E-state index contributed by atoms with van der Waals surface area (Å²) in [6.07, 6.45) is 0. The highest BCUT2D eigenvalue weighted by Gasteiger charge is 2.41. The van der Waals surface area contributed by atoms with Crippen molar-refractivity contribution in [3.63, 3.8) is 0 Å². The Morgan fingerprint density at radius 3 is 2.15 bits per heavy atom. The van der Waals surface area contributed by atoms with E-state index < -0.39 is 23.5 Å². The van der Waals surface area contributed by atoms with Gasteiger partial charge in [-0.3, -0.25) is 10.1 Å². The third-order valence-corrected chi connectivity index (χ3v) is 1.19. The summed E-state index contributed by atoms with van der Waals surface area (Å²) in [7, 11) is 0. The zero-order chi connectivity index (χ0) is 10.6. The van der Waals surface area contributed by atoms with Gasteiger partial charge in [-0.15, -0.1) is 0 Å². The lowest BCUT2D eigenvalue weighted by Crippen LogP contribution is -2.44. The van der Waals surface area contributed by atoms with Crippen LogP contribution in [-0.2, 0) is 4.79 Å². The second-order valence-corrected chi connectivity index (χ2v) is 2.28. The zero-order valence-corrected chi connectivity index (χ0v) is 7.13. The summed E-state index contributed by atoms with van der Waals surface area (Å²) in [6, 6.07) is -4.05. The van der Waals surface area contributed by atoms with Crippen LogP contribution in [0.25, 0.3) is 0 Å². The maximum absolute atomic E-state index is 12.5. The van der Waals surface area contributed by atoms with Crippen LogP contribution in [0.15, 0.2) is 11.7 Å². The summed E-state index contributed by atoms with van der Waals surface area (Å²) >= 11 is 0. The van der Waals surface area contributed by atoms with E-state index in [1.54, 1.807) is 0 Å². The van der Waals surface area contributed by atoms with Crippen LogP contribution in [0, 0.1) is 0 Å². The lowest BCUT2D eigenvalue weighted by atomic mass is 10.2. The molecule has 76 valence electrons. The van der Waals surface area contributed by atoms with Gasteiger partial charge >= 0.3 is 6.05 Å². The van der Waals surface area contributed by atoms with E-state index in [1.807, 2.05) is 0 Å². The standard InChI is InChI=1S/C7H9F4NO/c1-3-12-7(10,11)6(13)5(9)4(2)8/h12H,3H2,1-2H3/b5-4-. The van der Waals surface area contributed by atoms with Crippen molar-refractivity contribution in [3.05, 3.63) is 11.7 Å². The fourth-order valence-corrected chi connectivity index (χ4v) is 0.597. The molecule has 1 N–H and O–H groups in total. The molecule has 0 amide bonds. The van der Waals surface area contributed by atoms with Crippen LogP contribution in [-0.4, -0.2) is 18.4 Å². The van der Waals surface area contributed by atoms with Crippen molar-refractivity contribution >= 4 is 5.78 Å². The first-order valence-corrected chi connectivity index (χ1v) is 3.52. The maximum Gasteiger partial charge on any atom is 0.368 e. The summed E-state index contributed by atoms with van der Waals surface area (Å²) < 4.78 is 49.5. The van der Waals surface area contributed by atoms with E-state index in [1.165, 1.54) is 12.2 Å². The number of carbonyl (C=O) groups excluding carboxylic acids is 1. The molecule has 0 saturated carbocycles. The molecule has 0 atom stereocenters. The highest BCUT2D eigenvalue weighted by Crippen LogP contribution is 2.19. The Morgan fingerprint density at radius 1 is 1.38 bits per heavy atom. The average molecular weight is 199 g/mol. The largest absolute Gasteiger partial charge is 0.368 e. The molecule has 0 heterocycles. The molecular formula is C7H9F4NO. The van der Waals surface area contributed by atoms with Crippen LogP contribution in [0.1, 0.15) is 13.8 Å². The first-order chi connectivity index (χ1) is 5.83. The zero-order valence-electron chi connectivity index (χ0n) is 7.13. The van der Waals surface area contributed by atoms with Crippen molar-refractivity contribution in [2.45, 2.75) is 19.9 Å². The Balaban J connectivity index is 4.70. The minimum absolute atomic E-state index is 0.225. The predicted octanol–water partition coefficient (Wildman–Crippen LogP) is 1.93. The number of likely N-dealkylation sites (N-methyl/N-ethyl adjacent to an activating group) is 1. The second-order valence-electron chi connectivity index (χ2n) is 2.28. The van der Waals surface area contributed by atoms with Crippen molar-refractivity contribution in [3.8, 4) is 0 Å². The fourth-order valence-electron chi connectivity index (χ4n) is 0.597. The highest BCUT2D eigenvalue weighted by molar-refractivity contribution is 5.98. The number of allylic oxidation sites excluding steroid dienone is 1. The van der Waals surface area contributed by atoms with E-state index in [2.05, 4.69) is 0 Å². The second kappa shape index (κ2) is 4.36. The highest BCUT2D eigenvalue weighted by atomic mass is 19.3. The normalized spacial score (nSPS) is 14.0. The quantitative estimate of drug-likeness (QED) is 0.425. The van der Waals surface area contributed by atoms with Crippen LogP contribution in [0.3, 0.4) is 0 Å². The van der Waals surface area contributed by atoms with E-state index in [9.17, 15) is 22.4 Å². The molecule has 13 heavy (non-hydrogen) atoms. The Labute approximate surface area is 72.6 Å². The van der Waals surface area contributed by atoms with E-state index in [0.29, 0.717) is 6.92 Å². The molecule has 0 aromatic heterocycles. The van der Waals surface area contributed by atoms with Gasteiger partial charge in [-0.25, -0.2) is 4.39 Å². The topological polar surface area (TPSA) is 29.1 Å². The minimum atomic E-state index is -4.05. The summed E-state index contributed by atoms with van der Waals surface area (Å²) in [4.78, 5) is 10.5. The molecule has 6 heteroatoms. The molecule has 0 aliphatic rings. The molecule has 0 radical (unpaired) electrons. The van der Waals surface area contributed by atoms with Gasteiger partial charge in [0.2, 0.25) is 5.83 Å². The van der Waals surface area contributed by atoms with Gasteiger partial charge in [0.25, 0.3) is 5.78 Å². The summed E-state index contributed by atoms with van der Waals surface area (Å²) in [5.41, 5.74) is 0. The Kier molecular flexibility index (Phi) is 4.06. The number of ketones is 1. The van der Waals surface area contributed by atoms with Gasteiger partial charge in [0.15, 0.2) is 0 Å². The number of nitrogens with one attached hydrogen (secondary N) is 1. The average Bonchev–Trinajstić information content (AvgIpc) is 2.01. The third kappa shape index (κ3) is 3.14. The van der Waals surface area contributed by atoms with Crippen LogP contribution in [0.5, 0.6) is 0 Å². The lowest BCUT2D eigenvalue weighted by molar-refractivity contribution is -0.145. The molecule has 0 aliphatic carbocycles. The van der Waals surface area contributed by atoms with E-state index in [0.717, 1.165) is 0 Å². The number of Topliss-reactive ketones (excluding diaryl/α,β-unsaturated/α-hetero) is 1. The summed E-state index contributed by atoms with van der Waals surface area (Å²) in [5.74, 6) is -5.79. The number of hydrogen-bond acceptors (Lipinski definition) is 2. The van der Waals surface area contributed by atoms with Crippen molar-refractivity contribution < 1.29 is 22.4 Å². The van der Waals surface area contributed by atoms with E-state index in [4.69, 9.17) is 0 Å². The van der Waals surface area contributed by atoms with Gasteiger partial charge in [0.1, 0.15) is 5.83 Å². The number of carbonyl (C=O) groups is 1. The molecule has 0 bridgehead atoms. The monoisotopic (exact) mass is 199 g/mol. The van der Waals surface area contributed by atoms with Gasteiger partial charge in [0, 0.05) is 0 Å². The van der Waals surface area contributed by atoms with Crippen molar-refractivity contribution in [2.75, 3.05) is 6.54 Å². The van der Waals surface area contributed by atoms with Gasteiger partial charge in [0.05, 0.1) is 0 Å². The van der Waals surface area contributed by atoms with Crippen molar-refractivity contribution in [1.82, 2.24) is 5.32 Å². The maximum atomic E-state index is 12.5. The first-order valence-electron chi connectivity index (χ1n) is 3.52. The molecule has 0 aromatic rings. The molecule has 0 aromatic carbocycles. The van der Waals surface area contributed by atoms with Gasteiger partial charge < -0.3 is 0 Å². The Morgan fingerprint density at radius 2 is 1.85 bits per heavy atom. The Hall–Kier alpha value is -0.910. The molecule has 2 nitrogen and oxygen atoms in total. The number of halogens is 4. The SMILES string of the molecule is CCNC(F)(F)C(=O)/C(F)=C(\C)F. The van der Waals surface area contributed by atoms with Crippen LogP contribution >= 0.6 is 0 Å². The first kappa shape index (κ1) is 12.1. The lowest BCUT2D eigenvalue weighted by Gasteiger charge is -2.13.